The zero-order valence-electron chi connectivity index (χ0n) is 20.8. The molecule has 0 aliphatic heterocycles. The molecular weight excluding hydrogens is 461 g/mol. The number of aryl methyl sites for hydroxylation is 3. The van der Waals surface area contributed by atoms with Crippen LogP contribution in [-0.4, -0.2) is 55.2 Å². The van der Waals surface area contributed by atoms with Gasteiger partial charge in [-0.25, -0.2) is 4.98 Å². The average molecular weight is 496 g/mol. The molecule has 5 rings (SSSR count). The Labute approximate surface area is 209 Å². The van der Waals surface area contributed by atoms with E-state index in [-0.39, 0.29) is 18.6 Å². The third kappa shape index (κ3) is 5.28. The number of aromatic nitrogens is 5. The molecule has 1 amide bonds. The highest BCUT2D eigenvalue weighted by atomic mass is 19.1. The van der Waals surface area contributed by atoms with Crippen molar-refractivity contribution in [3.8, 4) is 11.1 Å². The number of carbonyl (C=O) groups excluding carboxylic acids is 1. The molecule has 10 heteroatoms. The summed E-state index contributed by atoms with van der Waals surface area (Å²) in [5, 5.41) is 27.0. The second-order valence-corrected chi connectivity index (χ2v) is 10.1. The number of amides is 1. The lowest BCUT2D eigenvalue weighted by atomic mass is 9.89. The lowest BCUT2D eigenvalue weighted by Gasteiger charge is -2.29. The first-order valence-corrected chi connectivity index (χ1v) is 12.8. The van der Waals surface area contributed by atoms with Crippen molar-refractivity contribution < 1.29 is 14.3 Å². The molecule has 0 bridgehead atoms. The van der Waals surface area contributed by atoms with Gasteiger partial charge < -0.3 is 15.7 Å². The Kier molecular flexibility index (Phi) is 7.04. The quantitative estimate of drug-likeness (QED) is 0.286. The summed E-state index contributed by atoms with van der Waals surface area (Å²) in [5.41, 5.74) is 3.16. The molecule has 1 atom stereocenters. The van der Waals surface area contributed by atoms with Gasteiger partial charge in [0.1, 0.15) is 11.5 Å². The minimum Gasteiger partial charge on any atom is -0.396 e. The second kappa shape index (κ2) is 10.4. The molecule has 0 saturated heterocycles. The predicted octanol–water partition coefficient (Wildman–Crippen LogP) is 3.45. The normalized spacial score (nSPS) is 16.4. The molecule has 0 radical (unpaired) electrons. The van der Waals surface area contributed by atoms with Crippen LogP contribution in [0.15, 0.2) is 24.4 Å². The van der Waals surface area contributed by atoms with Gasteiger partial charge in [-0.05, 0) is 81.9 Å². The van der Waals surface area contributed by atoms with E-state index >= 15 is 0 Å². The molecule has 9 nitrogen and oxygen atoms in total. The van der Waals surface area contributed by atoms with Gasteiger partial charge in [-0.3, -0.25) is 14.6 Å². The fourth-order valence-electron chi connectivity index (χ4n) is 5.34. The summed E-state index contributed by atoms with van der Waals surface area (Å²) in [7, 11) is 0. The SMILES string of the molecule is Cc1n[nH]c(C)c1-c1ccc(NC[C@@H](NC(=O)c2ccnn2CCCO)C(C2CC2)C2CC2)nc1F. The first kappa shape index (κ1) is 24.4. The topological polar surface area (TPSA) is 121 Å². The number of nitrogens with one attached hydrogen (secondary N) is 3. The molecule has 2 saturated carbocycles. The second-order valence-electron chi connectivity index (χ2n) is 10.1. The van der Waals surface area contributed by atoms with E-state index in [4.69, 9.17) is 5.11 Å². The number of nitrogens with zero attached hydrogens (tertiary/aromatic N) is 4. The van der Waals surface area contributed by atoms with E-state index in [1.165, 1.54) is 25.7 Å². The first-order valence-electron chi connectivity index (χ1n) is 12.8. The molecule has 3 aromatic heterocycles. The summed E-state index contributed by atoms with van der Waals surface area (Å²) in [6, 6.07) is 5.09. The molecular formula is C26H34FN7O2. The molecule has 0 aromatic carbocycles. The maximum absolute atomic E-state index is 15.0. The maximum Gasteiger partial charge on any atom is 0.269 e. The van der Waals surface area contributed by atoms with Crippen LogP contribution < -0.4 is 10.6 Å². The number of carbonyl (C=O) groups is 1. The van der Waals surface area contributed by atoms with Gasteiger partial charge in [0.25, 0.3) is 5.91 Å². The van der Waals surface area contributed by atoms with Crippen LogP contribution >= 0.6 is 0 Å². The summed E-state index contributed by atoms with van der Waals surface area (Å²) >= 11 is 0. The van der Waals surface area contributed by atoms with Gasteiger partial charge in [-0.2, -0.15) is 14.6 Å². The van der Waals surface area contributed by atoms with E-state index in [0.29, 0.717) is 54.3 Å². The van der Waals surface area contributed by atoms with Crippen LogP contribution in [0, 0.1) is 37.5 Å². The Hall–Kier alpha value is -3.27. The van der Waals surface area contributed by atoms with Gasteiger partial charge in [0, 0.05) is 48.8 Å². The standard InChI is InChI=1S/C26H34FN7O2/c1-15-23(16(2)33-32-15)19-8-9-22(31-25(19)27)28-14-20(24(17-4-5-17)18-6-7-18)30-26(36)21-10-11-29-34(21)12-3-13-35/h8-11,17-18,20,24,35H,3-7,12-14H2,1-2H3,(H,28,31)(H,30,36)(H,32,33)/t20-/m1/s1. The molecule has 2 aliphatic carbocycles. The fraction of sp³-hybridized carbons (Fsp3) is 0.538. The lowest BCUT2D eigenvalue weighted by Crippen LogP contribution is -2.47. The minimum atomic E-state index is -0.554. The maximum atomic E-state index is 15.0. The number of hydrogen-bond donors (Lipinski definition) is 4. The highest BCUT2D eigenvalue weighted by Crippen LogP contribution is 2.50. The third-order valence-electron chi connectivity index (χ3n) is 7.34. The van der Waals surface area contributed by atoms with E-state index in [1.807, 2.05) is 13.8 Å². The molecule has 2 aliphatic rings. The summed E-state index contributed by atoms with van der Waals surface area (Å²) in [4.78, 5) is 17.4. The number of H-pyrrole nitrogens is 1. The van der Waals surface area contributed by atoms with Crippen molar-refractivity contribution in [3.63, 3.8) is 0 Å². The highest BCUT2D eigenvalue weighted by Gasteiger charge is 2.46. The lowest BCUT2D eigenvalue weighted by molar-refractivity contribution is 0.0904. The van der Waals surface area contributed by atoms with E-state index in [9.17, 15) is 9.18 Å². The number of pyridine rings is 1. The van der Waals surface area contributed by atoms with Crippen molar-refractivity contribution in [2.45, 2.75) is 58.5 Å². The Morgan fingerprint density at radius 1 is 1.22 bits per heavy atom. The minimum absolute atomic E-state index is 0.0426. The molecule has 3 heterocycles. The monoisotopic (exact) mass is 495 g/mol. The van der Waals surface area contributed by atoms with E-state index < -0.39 is 5.95 Å². The molecule has 36 heavy (non-hydrogen) atoms. The summed E-state index contributed by atoms with van der Waals surface area (Å²) in [6.07, 6.45) is 6.89. The summed E-state index contributed by atoms with van der Waals surface area (Å²) < 4.78 is 16.6. The molecule has 0 spiro atoms. The largest absolute Gasteiger partial charge is 0.396 e. The van der Waals surface area contributed by atoms with E-state index in [0.717, 1.165) is 17.0 Å². The summed E-state index contributed by atoms with van der Waals surface area (Å²) in [5.74, 6) is 1.32. The smallest absolute Gasteiger partial charge is 0.269 e. The molecule has 4 N–H and O–H groups in total. The number of aromatic amines is 1. The zero-order chi connectivity index (χ0) is 25.2. The van der Waals surface area contributed by atoms with Crippen LogP contribution in [0.25, 0.3) is 11.1 Å². The Morgan fingerprint density at radius 2 is 1.97 bits per heavy atom. The van der Waals surface area contributed by atoms with E-state index in [1.54, 1.807) is 29.1 Å². The van der Waals surface area contributed by atoms with Crippen molar-refractivity contribution in [1.29, 1.82) is 0 Å². The van der Waals surface area contributed by atoms with Crippen molar-refractivity contribution in [1.82, 2.24) is 30.3 Å². The van der Waals surface area contributed by atoms with Gasteiger partial charge in [0.05, 0.1) is 5.69 Å². The van der Waals surface area contributed by atoms with Crippen LogP contribution in [0.3, 0.4) is 0 Å². The van der Waals surface area contributed by atoms with Crippen LogP contribution in [-0.2, 0) is 6.54 Å². The van der Waals surface area contributed by atoms with Gasteiger partial charge in [0.2, 0.25) is 5.95 Å². The van der Waals surface area contributed by atoms with Crippen molar-refractivity contribution >= 4 is 11.7 Å². The van der Waals surface area contributed by atoms with E-state index in [2.05, 4.69) is 30.9 Å². The highest BCUT2D eigenvalue weighted by molar-refractivity contribution is 5.92. The zero-order valence-corrected chi connectivity index (χ0v) is 20.8. The first-order chi connectivity index (χ1) is 17.5. The van der Waals surface area contributed by atoms with Crippen molar-refractivity contribution in [2.24, 2.45) is 17.8 Å². The molecule has 3 aromatic rings. The van der Waals surface area contributed by atoms with Gasteiger partial charge in [-0.1, -0.05) is 0 Å². The molecule has 192 valence electrons. The summed E-state index contributed by atoms with van der Waals surface area (Å²) in [6.45, 7) is 4.68. The molecule has 0 unspecified atom stereocenters. The van der Waals surface area contributed by atoms with Gasteiger partial charge in [-0.15, -0.1) is 0 Å². The van der Waals surface area contributed by atoms with Crippen LogP contribution in [0.4, 0.5) is 10.2 Å². The average Bonchev–Trinajstić information content (AvgIpc) is 3.79. The third-order valence-corrected chi connectivity index (χ3v) is 7.34. The number of aliphatic hydroxyl groups is 1. The number of rotatable bonds is 12. The fourth-order valence-corrected chi connectivity index (χ4v) is 5.34. The number of halogens is 1. The number of aliphatic hydroxyl groups excluding tert-OH is 1. The molecule has 2 fully saturated rings. The Balaban J connectivity index is 1.32. The Morgan fingerprint density at radius 3 is 2.58 bits per heavy atom. The predicted molar refractivity (Wildman–Crippen MR) is 134 cm³/mol. The Bertz CT molecular complexity index is 1180. The van der Waals surface area contributed by atoms with Crippen molar-refractivity contribution in [3.05, 3.63) is 47.4 Å². The van der Waals surface area contributed by atoms with Gasteiger partial charge >= 0.3 is 0 Å². The van der Waals surface area contributed by atoms with Crippen LogP contribution in [0.5, 0.6) is 0 Å². The number of hydrogen-bond acceptors (Lipinski definition) is 6. The van der Waals surface area contributed by atoms with Crippen LogP contribution in [0.2, 0.25) is 0 Å². The van der Waals surface area contributed by atoms with Crippen molar-refractivity contribution in [2.75, 3.05) is 18.5 Å². The van der Waals surface area contributed by atoms with Gasteiger partial charge in [0.15, 0.2) is 0 Å². The number of anilines is 1. The van der Waals surface area contributed by atoms with Crippen LogP contribution in [0.1, 0.15) is 54.0 Å².